The highest BCUT2D eigenvalue weighted by atomic mass is 19.1. The molecule has 6 rings (SSSR count). The van der Waals surface area contributed by atoms with Crippen LogP contribution in [0.1, 0.15) is 74.0 Å². The number of non-ortho nitro benzene ring substituents is 1. The summed E-state index contributed by atoms with van der Waals surface area (Å²) in [6.07, 6.45) is 9.33. The summed E-state index contributed by atoms with van der Waals surface area (Å²) in [6.45, 7) is 7.75. The van der Waals surface area contributed by atoms with E-state index in [4.69, 9.17) is 33.7 Å². The molecule has 6 atom stereocenters. The van der Waals surface area contributed by atoms with E-state index in [1.807, 2.05) is 12.1 Å². The molecule has 0 saturated heterocycles. The molecule has 1 heterocycles. The van der Waals surface area contributed by atoms with Crippen molar-refractivity contribution in [3.8, 4) is 11.5 Å². The van der Waals surface area contributed by atoms with Gasteiger partial charge in [0.1, 0.15) is 36.6 Å². The number of carbonyl (C=O) groups is 1. The highest BCUT2D eigenvalue weighted by Crippen LogP contribution is 2.62. The Kier molecular flexibility index (Phi) is 18.7. The largest absolute Gasteiger partial charge is 0.489 e. The summed E-state index contributed by atoms with van der Waals surface area (Å²) in [5.41, 5.74) is 3.11. The van der Waals surface area contributed by atoms with Crippen molar-refractivity contribution in [2.75, 3.05) is 52.8 Å². The van der Waals surface area contributed by atoms with Crippen LogP contribution in [0.3, 0.4) is 0 Å². The molecule has 15 nitrogen and oxygen atoms in total. The fourth-order valence-electron chi connectivity index (χ4n) is 9.43. The maximum atomic E-state index is 14.8. The van der Waals surface area contributed by atoms with Gasteiger partial charge >= 0.3 is 6.09 Å². The van der Waals surface area contributed by atoms with Gasteiger partial charge in [-0.15, -0.1) is 13.2 Å². The van der Waals surface area contributed by atoms with Crippen LogP contribution in [0.15, 0.2) is 109 Å². The summed E-state index contributed by atoms with van der Waals surface area (Å²) >= 11 is 0. The number of rotatable bonds is 27. The van der Waals surface area contributed by atoms with Gasteiger partial charge in [0.25, 0.3) is 5.69 Å². The van der Waals surface area contributed by atoms with E-state index in [0.29, 0.717) is 60.4 Å². The van der Waals surface area contributed by atoms with Crippen molar-refractivity contribution in [2.45, 2.75) is 82.3 Å². The molecule has 3 aromatic carbocycles. The molecule has 3 aliphatic rings. The SMILES string of the molecule is C=CCCOC(=O)N(CCOCCO)[C@H]1CC(=NOCc2ccc([N+](=O)[O-])cc2)C2=C[C@H](CCCCO)[C@@H](CCCCO)[C@@H]3c4cc(OCc5ccccc5F)ccc4O[C@@]1(OCC=C)[C@H]23. The third kappa shape index (κ3) is 12.0. The van der Waals surface area contributed by atoms with Crippen molar-refractivity contribution in [1.29, 1.82) is 0 Å². The van der Waals surface area contributed by atoms with Gasteiger partial charge < -0.3 is 43.8 Å². The van der Waals surface area contributed by atoms with Crippen molar-refractivity contribution < 1.29 is 57.9 Å². The maximum Gasteiger partial charge on any atom is 0.410 e. The van der Waals surface area contributed by atoms with E-state index in [2.05, 4.69) is 19.2 Å². The van der Waals surface area contributed by atoms with Crippen molar-refractivity contribution >= 4 is 17.5 Å². The number of amides is 1. The van der Waals surface area contributed by atoms with E-state index in [9.17, 15) is 34.6 Å². The minimum Gasteiger partial charge on any atom is -0.489 e. The van der Waals surface area contributed by atoms with Crippen LogP contribution in [0.2, 0.25) is 0 Å². The van der Waals surface area contributed by atoms with Crippen molar-refractivity contribution in [3.05, 3.63) is 136 Å². The summed E-state index contributed by atoms with van der Waals surface area (Å²) in [5, 5.41) is 45.6. The van der Waals surface area contributed by atoms with Gasteiger partial charge in [-0.2, -0.15) is 0 Å². The molecule has 3 aromatic rings. The molecule has 356 valence electrons. The fraction of sp³-hybridized carbons (Fsp3) is 0.480. The standard InChI is InChI=1S/C50H62FN3O12/c1-3-5-27-62-49(58)53(22-28-61-29-25-57)46-32-44(52-65-33-35-16-18-38(19-17-35)54(59)60)41-30-36(12-8-10-23-55)40(14-9-11-24-56)47-42-31-39(63-34-37-13-6-7-15-43(37)51)20-21-45(42)66-50(46,48(41)47)64-26-4-2/h3-4,6-7,13,15-21,30-31,36,40,46-48,55-57H,1-2,5,8-12,14,22-29,32-34H2/t36-,40+,46-,47+,48+,50+/m0/s1. The number of allylic oxidation sites excluding steroid dienone is 1. The Bertz CT molecular complexity index is 2150. The van der Waals surface area contributed by atoms with Crippen molar-refractivity contribution in [3.63, 3.8) is 0 Å². The van der Waals surface area contributed by atoms with Gasteiger partial charge in [-0.25, -0.2) is 9.18 Å². The van der Waals surface area contributed by atoms with E-state index in [1.54, 1.807) is 48.6 Å². The van der Waals surface area contributed by atoms with Gasteiger partial charge in [0.05, 0.1) is 49.6 Å². The van der Waals surface area contributed by atoms with Crippen LogP contribution in [0, 0.1) is 33.7 Å². The highest BCUT2D eigenvalue weighted by molar-refractivity contribution is 6.03. The number of aliphatic hydroxyl groups excluding tert-OH is 3. The fourth-order valence-corrected chi connectivity index (χ4v) is 9.43. The number of benzene rings is 3. The average molecular weight is 916 g/mol. The van der Waals surface area contributed by atoms with E-state index < -0.39 is 28.8 Å². The predicted octanol–water partition coefficient (Wildman–Crippen LogP) is 8.17. The number of nitrogens with zero attached hydrogens (tertiary/aromatic N) is 3. The summed E-state index contributed by atoms with van der Waals surface area (Å²) in [6, 6.07) is 17.0. The number of unbranched alkanes of at least 4 members (excludes halogenated alkanes) is 2. The molecule has 2 aliphatic carbocycles. The molecule has 0 bridgehead atoms. The number of ether oxygens (including phenoxy) is 5. The molecule has 0 unspecified atom stereocenters. The van der Waals surface area contributed by atoms with E-state index in [1.165, 1.54) is 23.1 Å². The minimum absolute atomic E-state index is 0.0142. The Balaban J connectivity index is 1.55. The van der Waals surface area contributed by atoms with Gasteiger partial charge in [-0.05, 0) is 91.5 Å². The van der Waals surface area contributed by atoms with Gasteiger partial charge in [0.15, 0.2) is 0 Å². The average Bonchev–Trinajstić information content (AvgIpc) is 3.32. The van der Waals surface area contributed by atoms with Gasteiger partial charge in [0, 0.05) is 55.4 Å². The number of hydrogen-bond donors (Lipinski definition) is 3. The number of fused-ring (bicyclic) bond motifs is 2. The first-order chi connectivity index (χ1) is 32.2. The minimum atomic E-state index is -1.59. The Labute approximate surface area is 385 Å². The molecule has 0 radical (unpaired) electrons. The van der Waals surface area contributed by atoms with Crippen molar-refractivity contribution in [2.24, 2.45) is 22.9 Å². The lowest BCUT2D eigenvalue weighted by atomic mass is 9.55. The highest BCUT2D eigenvalue weighted by Gasteiger charge is 2.65. The normalized spacial score (nSPS) is 22.3. The molecule has 1 fully saturated rings. The van der Waals surface area contributed by atoms with Crippen LogP contribution in [0.4, 0.5) is 14.9 Å². The second-order valence-electron chi connectivity index (χ2n) is 16.6. The maximum absolute atomic E-state index is 14.8. The van der Waals surface area contributed by atoms with Crippen LogP contribution >= 0.6 is 0 Å². The van der Waals surface area contributed by atoms with Crippen LogP contribution in [-0.2, 0) is 32.3 Å². The lowest BCUT2D eigenvalue weighted by Gasteiger charge is -2.59. The topological polar surface area (TPSA) is 192 Å². The quantitative estimate of drug-likeness (QED) is 0.0288. The van der Waals surface area contributed by atoms with E-state index in [-0.39, 0.29) is 102 Å². The zero-order valence-electron chi connectivity index (χ0n) is 37.3. The molecule has 3 N–H and O–H groups in total. The number of aliphatic hydroxyl groups is 3. The Hall–Kier alpha value is -5.65. The predicted molar refractivity (Wildman–Crippen MR) is 244 cm³/mol. The van der Waals surface area contributed by atoms with Gasteiger partial charge in [-0.3, -0.25) is 15.0 Å². The van der Waals surface area contributed by atoms with Gasteiger partial charge in [0.2, 0.25) is 5.79 Å². The smallest absolute Gasteiger partial charge is 0.410 e. The zero-order valence-corrected chi connectivity index (χ0v) is 37.3. The lowest BCUT2D eigenvalue weighted by molar-refractivity contribution is -0.384. The molecular formula is C50H62FN3O12. The van der Waals surface area contributed by atoms with Crippen LogP contribution < -0.4 is 9.47 Å². The molecule has 16 heteroatoms. The zero-order chi connectivity index (χ0) is 46.9. The summed E-state index contributed by atoms with van der Waals surface area (Å²) in [5.74, 6) is -2.15. The third-order valence-electron chi connectivity index (χ3n) is 12.4. The first-order valence-corrected chi connectivity index (χ1v) is 22.7. The monoisotopic (exact) mass is 915 g/mol. The van der Waals surface area contributed by atoms with Crippen LogP contribution in [-0.4, -0.2) is 102 Å². The molecule has 66 heavy (non-hydrogen) atoms. The first-order valence-electron chi connectivity index (χ1n) is 22.7. The van der Waals surface area contributed by atoms with Gasteiger partial charge in [-0.1, -0.05) is 54.4 Å². The second-order valence-corrected chi connectivity index (χ2v) is 16.6. The third-order valence-corrected chi connectivity index (χ3v) is 12.4. The second kappa shape index (κ2) is 24.8. The molecule has 0 aromatic heterocycles. The Morgan fingerprint density at radius 3 is 2.44 bits per heavy atom. The molecule has 1 aliphatic heterocycles. The summed E-state index contributed by atoms with van der Waals surface area (Å²) in [7, 11) is 0. The van der Waals surface area contributed by atoms with Crippen LogP contribution in [0.5, 0.6) is 11.5 Å². The molecule has 0 spiro atoms. The summed E-state index contributed by atoms with van der Waals surface area (Å²) < 4.78 is 46.9. The Morgan fingerprint density at radius 1 is 0.955 bits per heavy atom. The van der Waals surface area contributed by atoms with Crippen molar-refractivity contribution in [1.82, 2.24) is 4.90 Å². The number of halogens is 1. The van der Waals surface area contributed by atoms with E-state index in [0.717, 1.165) is 24.0 Å². The van der Waals surface area contributed by atoms with E-state index >= 15 is 0 Å². The first kappa shape index (κ1) is 49.8. The lowest BCUT2D eigenvalue weighted by Crippen LogP contribution is -2.70. The number of hydrogen-bond acceptors (Lipinski definition) is 13. The molecule has 1 amide bonds. The number of nitro benzene ring substituents is 1. The Morgan fingerprint density at radius 2 is 1.73 bits per heavy atom. The van der Waals surface area contributed by atoms with Crippen LogP contribution in [0.25, 0.3) is 0 Å². The number of oxime groups is 1. The summed E-state index contributed by atoms with van der Waals surface area (Å²) in [4.78, 5) is 33.0. The molecular weight excluding hydrogens is 854 g/mol. The number of nitro groups is 1. The number of carbonyl (C=O) groups excluding carboxylic acids is 1. The molecule has 1 saturated carbocycles.